The normalized spacial score (nSPS) is 13.2. The van der Waals surface area contributed by atoms with E-state index in [9.17, 15) is 13.2 Å². The molecular weight excluding hydrogens is 227 g/mol. The zero-order chi connectivity index (χ0) is 10.9. The second-order valence-corrected chi connectivity index (χ2v) is 3.44. The third-order valence-corrected chi connectivity index (χ3v) is 1.96. The zero-order valence-corrected chi connectivity index (χ0v) is 9.25. The standard InChI is InChI=1S/C10H12F3N.ClH/c1-6-3-7(2)5-8(4-6)9(14)10(11,12)13;/h3-5,9H,14H2,1-2H3;1H/t9-;/m0./s1. The van der Waals surface area contributed by atoms with Crippen LogP contribution in [0.25, 0.3) is 0 Å². The molecule has 2 N–H and O–H groups in total. The Morgan fingerprint density at radius 2 is 1.47 bits per heavy atom. The number of hydrogen-bond donors (Lipinski definition) is 1. The van der Waals surface area contributed by atoms with E-state index in [1.165, 1.54) is 12.1 Å². The Hall–Kier alpha value is -0.740. The van der Waals surface area contributed by atoms with Crippen molar-refractivity contribution in [1.29, 1.82) is 0 Å². The fourth-order valence-electron chi connectivity index (χ4n) is 1.38. The molecule has 5 heteroatoms. The van der Waals surface area contributed by atoms with Crippen molar-refractivity contribution in [3.05, 3.63) is 34.9 Å². The molecule has 0 saturated heterocycles. The number of rotatable bonds is 1. The van der Waals surface area contributed by atoms with Crippen molar-refractivity contribution < 1.29 is 13.2 Å². The van der Waals surface area contributed by atoms with Gasteiger partial charge in [-0.3, -0.25) is 0 Å². The third-order valence-electron chi connectivity index (χ3n) is 1.96. The highest BCUT2D eigenvalue weighted by molar-refractivity contribution is 5.85. The fraction of sp³-hybridized carbons (Fsp3) is 0.400. The van der Waals surface area contributed by atoms with Gasteiger partial charge in [0.15, 0.2) is 0 Å². The molecule has 0 fully saturated rings. The van der Waals surface area contributed by atoms with Crippen LogP contribution in [0.4, 0.5) is 13.2 Å². The highest BCUT2D eigenvalue weighted by atomic mass is 35.5. The van der Waals surface area contributed by atoms with Crippen molar-refractivity contribution in [2.45, 2.75) is 26.1 Å². The SMILES string of the molecule is Cc1cc(C)cc([C@H](N)C(F)(F)F)c1.Cl. The van der Waals surface area contributed by atoms with E-state index in [0.717, 1.165) is 11.1 Å². The van der Waals surface area contributed by atoms with E-state index >= 15 is 0 Å². The Bertz CT molecular complexity index is 316. The molecule has 86 valence electrons. The summed E-state index contributed by atoms with van der Waals surface area (Å²) in [6, 6.07) is 2.85. The lowest BCUT2D eigenvalue weighted by molar-refractivity contribution is -0.149. The second-order valence-electron chi connectivity index (χ2n) is 3.44. The van der Waals surface area contributed by atoms with Crippen molar-refractivity contribution >= 4 is 12.4 Å². The van der Waals surface area contributed by atoms with Gasteiger partial charge in [0, 0.05) is 0 Å². The number of nitrogens with two attached hydrogens (primary N) is 1. The van der Waals surface area contributed by atoms with Crippen LogP contribution >= 0.6 is 12.4 Å². The summed E-state index contributed by atoms with van der Waals surface area (Å²) in [7, 11) is 0. The van der Waals surface area contributed by atoms with E-state index in [1.807, 2.05) is 6.07 Å². The average molecular weight is 240 g/mol. The van der Waals surface area contributed by atoms with Crippen LogP contribution < -0.4 is 5.73 Å². The Morgan fingerprint density at radius 1 is 1.07 bits per heavy atom. The topological polar surface area (TPSA) is 26.0 Å². The number of hydrogen-bond acceptors (Lipinski definition) is 1. The van der Waals surface area contributed by atoms with Crippen molar-refractivity contribution in [3.63, 3.8) is 0 Å². The van der Waals surface area contributed by atoms with E-state index in [2.05, 4.69) is 0 Å². The molecule has 0 unspecified atom stereocenters. The lowest BCUT2D eigenvalue weighted by Gasteiger charge is -2.16. The first kappa shape index (κ1) is 14.3. The lowest BCUT2D eigenvalue weighted by Crippen LogP contribution is -2.28. The summed E-state index contributed by atoms with van der Waals surface area (Å²) in [6.45, 7) is 3.50. The predicted octanol–water partition coefficient (Wildman–Crippen LogP) is 3.29. The number of benzene rings is 1. The van der Waals surface area contributed by atoms with Gasteiger partial charge in [-0.15, -0.1) is 12.4 Å². The van der Waals surface area contributed by atoms with Gasteiger partial charge in [-0.1, -0.05) is 29.3 Å². The maximum Gasteiger partial charge on any atom is 0.407 e. The van der Waals surface area contributed by atoms with Crippen LogP contribution in [0.3, 0.4) is 0 Å². The summed E-state index contributed by atoms with van der Waals surface area (Å²) in [5.74, 6) is 0. The van der Waals surface area contributed by atoms with Crippen LogP contribution in [0, 0.1) is 13.8 Å². The summed E-state index contributed by atoms with van der Waals surface area (Å²) in [5.41, 5.74) is 6.79. The van der Waals surface area contributed by atoms with Crippen molar-refractivity contribution in [2.75, 3.05) is 0 Å². The smallest absolute Gasteiger partial charge is 0.316 e. The number of aryl methyl sites for hydroxylation is 2. The Morgan fingerprint density at radius 3 is 1.80 bits per heavy atom. The molecule has 0 aromatic heterocycles. The molecule has 15 heavy (non-hydrogen) atoms. The van der Waals surface area contributed by atoms with E-state index in [-0.39, 0.29) is 18.0 Å². The maximum atomic E-state index is 12.3. The lowest BCUT2D eigenvalue weighted by atomic mass is 10.0. The summed E-state index contributed by atoms with van der Waals surface area (Å²) >= 11 is 0. The van der Waals surface area contributed by atoms with Crippen LogP contribution in [-0.4, -0.2) is 6.18 Å². The highest BCUT2D eigenvalue weighted by Crippen LogP contribution is 2.31. The van der Waals surface area contributed by atoms with Crippen molar-refractivity contribution in [1.82, 2.24) is 0 Å². The molecule has 1 rings (SSSR count). The molecule has 0 saturated carbocycles. The van der Waals surface area contributed by atoms with E-state index in [4.69, 9.17) is 5.73 Å². The first-order valence-electron chi connectivity index (χ1n) is 4.21. The van der Waals surface area contributed by atoms with Crippen molar-refractivity contribution in [2.24, 2.45) is 5.73 Å². The monoisotopic (exact) mass is 239 g/mol. The minimum atomic E-state index is -4.37. The Kier molecular flexibility index (Phi) is 4.62. The number of halogens is 4. The molecule has 1 aromatic carbocycles. The molecule has 0 heterocycles. The van der Waals surface area contributed by atoms with Gasteiger partial charge in [0.25, 0.3) is 0 Å². The van der Waals surface area contributed by atoms with E-state index in [0.29, 0.717) is 0 Å². The molecule has 0 aliphatic heterocycles. The largest absolute Gasteiger partial charge is 0.407 e. The summed E-state index contributed by atoms with van der Waals surface area (Å²) in [5, 5.41) is 0. The molecule has 1 aromatic rings. The van der Waals surface area contributed by atoms with Gasteiger partial charge in [0.1, 0.15) is 6.04 Å². The Labute approximate surface area is 92.9 Å². The van der Waals surface area contributed by atoms with Gasteiger partial charge in [0.05, 0.1) is 0 Å². The fourth-order valence-corrected chi connectivity index (χ4v) is 1.38. The molecule has 0 amide bonds. The molecule has 0 aliphatic carbocycles. The third kappa shape index (κ3) is 3.72. The van der Waals surface area contributed by atoms with Crippen LogP contribution in [-0.2, 0) is 0 Å². The molecule has 1 nitrogen and oxygen atoms in total. The minimum absolute atomic E-state index is 0. The molecule has 0 spiro atoms. The summed E-state index contributed by atoms with van der Waals surface area (Å²) in [6.07, 6.45) is -4.37. The van der Waals surface area contributed by atoms with Crippen LogP contribution in [0.1, 0.15) is 22.7 Å². The second kappa shape index (κ2) is 4.86. The quantitative estimate of drug-likeness (QED) is 0.800. The highest BCUT2D eigenvalue weighted by Gasteiger charge is 2.37. The summed E-state index contributed by atoms with van der Waals surface area (Å²) < 4.78 is 36.8. The van der Waals surface area contributed by atoms with Gasteiger partial charge in [-0.2, -0.15) is 13.2 Å². The van der Waals surface area contributed by atoms with Crippen LogP contribution in [0.15, 0.2) is 18.2 Å². The zero-order valence-electron chi connectivity index (χ0n) is 8.43. The van der Waals surface area contributed by atoms with Gasteiger partial charge < -0.3 is 5.73 Å². The first-order chi connectivity index (χ1) is 6.30. The summed E-state index contributed by atoms with van der Waals surface area (Å²) in [4.78, 5) is 0. The van der Waals surface area contributed by atoms with Gasteiger partial charge in [-0.05, 0) is 19.4 Å². The minimum Gasteiger partial charge on any atom is -0.316 e. The van der Waals surface area contributed by atoms with Gasteiger partial charge in [0.2, 0.25) is 0 Å². The molecule has 0 bridgehead atoms. The first-order valence-corrected chi connectivity index (χ1v) is 4.21. The van der Waals surface area contributed by atoms with Crippen molar-refractivity contribution in [3.8, 4) is 0 Å². The van der Waals surface area contributed by atoms with Crippen LogP contribution in [0.5, 0.6) is 0 Å². The van der Waals surface area contributed by atoms with Crippen LogP contribution in [0.2, 0.25) is 0 Å². The van der Waals surface area contributed by atoms with E-state index < -0.39 is 12.2 Å². The maximum absolute atomic E-state index is 12.3. The predicted molar refractivity (Wildman–Crippen MR) is 56.1 cm³/mol. The Balaban J connectivity index is 0.00000196. The average Bonchev–Trinajstić information content (AvgIpc) is 1.99. The number of alkyl halides is 3. The van der Waals surface area contributed by atoms with E-state index in [1.54, 1.807) is 13.8 Å². The molecule has 0 radical (unpaired) electrons. The van der Waals surface area contributed by atoms with Gasteiger partial charge in [-0.25, -0.2) is 0 Å². The molecule has 0 aliphatic rings. The molecular formula is C10H13ClF3N. The van der Waals surface area contributed by atoms with Gasteiger partial charge >= 0.3 is 6.18 Å². The molecule has 1 atom stereocenters.